The Morgan fingerprint density at radius 2 is 1.76 bits per heavy atom. The predicted molar refractivity (Wildman–Crippen MR) is 87.1 cm³/mol. The number of methoxy groups -OCH3 is 2. The molecule has 0 saturated heterocycles. The van der Waals surface area contributed by atoms with Gasteiger partial charge in [0.2, 0.25) is 0 Å². The number of ether oxygens (including phenoxy) is 2. The fourth-order valence-corrected chi connectivity index (χ4v) is 2.83. The lowest BCUT2D eigenvalue weighted by Gasteiger charge is -2.13. The van der Waals surface area contributed by atoms with Crippen molar-refractivity contribution in [3.05, 3.63) is 56.0 Å². The summed E-state index contributed by atoms with van der Waals surface area (Å²) in [4.78, 5) is 12.6. The topological polar surface area (TPSA) is 35.5 Å². The van der Waals surface area contributed by atoms with Crippen LogP contribution in [0.2, 0.25) is 10.0 Å². The van der Waals surface area contributed by atoms with E-state index in [2.05, 4.69) is 15.9 Å². The number of rotatable bonds is 4. The molecule has 0 saturated carbocycles. The van der Waals surface area contributed by atoms with Gasteiger partial charge in [-0.25, -0.2) is 0 Å². The van der Waals surface area contributed by atoms with E-state index in [0.717, 1.165) is 0 Å². The highest BCUT2D eigenvalue weighted by atomic mass is 79.9. The van der Waals surface area contributed by atoms with Crippen LogP contribution in [0.5, 0.6) is 11.5 Å². The molecule has 21 heavy (non-hydrogen) atoms. The maximum absolute atomic E-state index is 12.6. The van der Waals surface area contributed by atoms with E-state index in [1.54, 1.807) is 31.4 Å². The van der Waals surface area contributed by atoms with Crippen LogP contribution in [0.15, 0.2) is 34.8 Å². The summed E-state index contributed by atoms with van der Waals surface area (Å²) in [6.45, 7) is 0. The molecule has 0 bridgehead atoms. The Kier molecular flexibility index (Phi) is 5.14. The second-order valence-corrected chi connectivity index (χ2v) is 5.73. The number of ketones is 1. The smallest absolute Gasteiger partial charge is 0.196 e. The molecule has 0 radical (unpaired) electrons. The molecule has 0 N–H and O–H groups in total. The number of carbonyl (C=O) groups excluding carboxylic acids is 1. The molecular formula is C15H11BrCl2O3. The molecule has 0 unspecified atom stereocenters. The molecule has 0 aliphatic carbocycles. The molecule has 0 heterocycles. The zero-order chi connectivity index (χ0) is 15.6. The first-order chi connectivity index (χ1) is 9.99. The largest absolute Gasteiger partial charge is 0.495 e. The lowest BCUT2D eigenvalue weighted by molar-refractivity contribution is 0.103. The minimum atomic E-state index is -0.214. The van der Waals surface area contributed by atoms with Crippen molar-refractivity contribution >= 4 is 44.9 Å². The van der Waals surface area contributed by atoms with Crippen LogP contribution < -0.4 is 9.47 Å². The van der Waals surface area contributed by atoms with Crippen molar-refractivity contribution in [1.29, 1.82) is 0 Å². The Morgan fingerprint density at radius 3 is 2.33 bits per heavy atom. The van der Waals surface area contributed by atoms with Gasteiger partial charge in [0.25, 0.3) is 0 Å². The standard InChI is InChI=1S/C15H11BrCl2O3/c1-20-12-6-4-9(15(21-2)13(12)16)14(19)8-3-5-10(17)11(18)7-8/h3-7H,1-2H3. The molecule has 6 heteroatoms. The van der Waals surface area contributed by atoms with Gasteiger partial charge in [0.05, 0.1) is 29.8 Å². The molecule has 0 aromatic heterocycles. The van der Waals surface area contributed by atoms with Crippen LogP contribution in [0.3, 0.4) is 0 Å². The molecule has 2 aromatic rings. The number of benzene rings is 2. The van der Waals surface area contributed by atoms with Gasteiger partial charge in [0, 0.05) is 5.56 Å². The summed E-state index contributed by atoms with van der Waals surface area (Å²) in [6.07, 6.45) is 0. The highest BCUT2D eigenvalue weighted by molar-refractivity contribution is 9.10. The number of hydrogen-bond acceptors (Lipinski definition) is 3. The second kappa shape index (κ2) is 6.69. The zero-order valence-corrected chi connectivity index (χ0v) is 14.3. The van der Waals surface area contributed by atoms with Gasteiger partial charge in [-0.05, 0) is 46.3 Å². The molecule has 0 atom stereocenters. The molecule has 0 fully saturated rings. The molecule has 3 nitrogen and oxygen atoms in total. The Morgan fingerprint density at radius 1 is 1.05 bits per heavy atom. The van der Waals surface area contributed by atoms with Gasteiger partial charge >= 0.3 is 0 Å². The average Bonchev–Trinajstić information content (AvgIpc) is 2.49. The minimum Gasteiger partial charge on any atom is -0.495 e. The Labute approximate surface area is 140 Å². The summed E-state index contributed by atoms with van der Waals surface area (Å²) < 4.78 is 11.1. The summed E-state index contributed by atoms with van der Waals surface area (Å²) in [6, 6.07) is 8.07. The molecule has 0 amide bonds. The predicted octanol–water partition coefficient (Wildman–Crippen LogP) is 5.00. The van der Waals surface area contributed by atoms with Crippen LogP contribution in [0.4, 0.5) is 0 Å². The minimum absolute atomic E-state index is 0.214. The third kappa shape index (κ3) is 3.18. The van der Waals surface area contributed by atoms with Crippen LogP contribution >= 0.6 is 39.1 Å². The van der Waals surface area contributed by atoms with E-state index in [4.69, 9.17) is 32.7 Å². The monoisotopic (exact) mass is 388 g/mol. The molecular weight excluding hydrogens is 379 g/mol. The van der Waals surface area contributed by atoms with Gasteiger partial charge in [0.1, 0.15) is 16.0 Å². The van der Waals surface area contributed by atoms with E-state index in [1.807, 2.05) is 0 Å². The van der Waals surface area contributed by atoms with Crippen molar-refractivity contribution < 1.29 is 14.3 Å². The molecule has 0 aliphatic heterocycles. The van der Waals surface area contributed by atoms with Crippen LogP contribution in [0, 0.1) is 0 Å². The first-order valence-corrected chi connectivity index (χ1v) is 7.44. The summed E-state index contributed by atoms with van der Waals surface area (Å²) in [5, 5.41) is 0.727. The van der Waals surface area contributed by atoms with Crippen molar-refractivity contribution in [3.63, 3.8) is 0 Å². The highest BCUT2D eigenvalue weighted by Gasteiger charge is 2.20. The van der Waals surface area contributed by atoms with E-state index in [0.29, 0.717) is 37.1 Å². The van der Waals surface area contributed by atoms with Gasteiger partial charge in [-0.1, -0.05) is 23.2 Å². The SMILES string of the molecule is COc1ccc(C(=O)c2ccc(Cl)c(Cl)c2)c(OC)c1Br. The van der Waals surface area contributed by atoms with Crippen molar-refractivity contribution in [2.45, 2.75) is 0 Å². The van der Waals surface area contributed by atoms with Gasteiger partial charge < -0.3 is 9.47 Å². The van der Waals surface area contributed by atoms with E-state index in [9.17, 15) is 4.79 Å². The van der Waals surface area contributed by atoms with Crippen LogP contribution in [-0.4, -0.2) is 20.0 Å². The van der Waals surface area contributed by atoms with E-state index in [1.165, 1.54) is 13.2 Å². The van der Waals surface area contributed by atoms with Crippen LogP contribution in [0.25, 0.3) is 0 Å². The Bertz CT molecular complexity index is 702. The quantitative estimate of drug-likeness (QED) is 0.690. The first kappa shape index (κ1) is 16.1. The van der Waals surface area contributed by atoms with E-state index >= 15 is 0 Å². The lowest BCUT2D eigenvalue weighted by Crippen LogP contribution is -2.05. The maximum Gasteiger partial charge on any atom is 0.196 e. The summed E-state index contributed by atoms with van der Waals surface area (Å²) in [5.41, 5.74) is 0.836. The van der Waals surface area contributed by atoms with Crippen molar-refractivity contribution in [3.8, 4) is 11.5 Å². The van der Waals surface area contributed by atoms with Crippen molar-refractivity contribution in [1.82, 2.24) is 0 Å². The molecule has 2 rings (SSSR count). The number of hydrogen-bond donors (Lipinski definition) is 0. The third-order valence-corrected chi connectivity index (χ3v) is 4.40. The van der Waals surface area contributed by atoms with Crippen molar-refractivity contribution in [2.75, 3.05) is 14.2 Å². The van der Waals surface area contributed by atoms with Crippen molar-refractivity contribution in [2.24, 2.45) is 0 Å². The van der Waals surface area contributed by atoms with E-state index < -0.39 is 0 Å². The summed E-state index contributed by atoms with van der Waals surface area (Å²) >= 11 is 15.2. The number of carbonyl (C=O) groups is 1. The first-order valence-electron chi connectivity index (χ1n) is 5.89. The fourth-order valence-electron chi connectivity index (χ4n) is 1.87. The van der Waals surface area contributed by atoms with Gasteiger partial charge in [0.15, 0.2) is 5.78 Å². The third-order valence-electron chi connectivity index (χ3n) is 2.91. The van der Waals surface area contributed by atoms with Gasteiger partial charge in [-0.15, -0.1) is 0 Å². The average molecular weight is 390 g/mol. The second-order valence-electron chi connectivity index (χ2n) is 4.12. The Hall–Kier alpha value is -1.23. The van der Waals surface area contributed by atoms with Crippen LogP contribution in [-0.2, 0) is 0 Å². The maximum atomic E-state index is 12.6. The van der Waals surface area contributed by atoms with E-state index in [-0.39, 0.29) is 5.78 Å². The molecule has 2 aromatic carbocycles. The molecule has 0 spiro atoms. The zero-order valence-electron chi connectivity index (χ0n) is 11.2. The Balaban J connectivity index is 2.52. The highest BCUT2D eigenvalue weighted by Crippen LogP contribution is 2.38. The van der Waals surface area contributed by atoms with Gasteiger partial charge in [-0.3, -0.25) is 4.79 Å². The normalized spacial score (nSPS) is 10.3. The number of halogens is 3. The summed E-state index contributed by atoms with van der Waals surface area (Å²) in [7, 11) is 3.03. The molecule has 110 valence electrons. The lowest BCUT2D eigenvalue weighted by atomic mass is 10.0. The fraction of sp³-hybridized carbons (Fsp3) is 0.133. The van der Waals surface area contributed by atoms with Gasteiger partial charge in [-0.2, -0.15) is 0 Å². The van der Waals surface area contributed by atoms with Crippen LogP contribution in [0.1, 0.15) is 15.9 Å². The summed E-state index contributed by atoms with van der Waals surface area (Å²) in [5.74, 6) is 0.775. The molecule has 0 aliphatic rings.